The fraction of sp³-hybridized carbons (Fsp3) is 0.571. The number of thiophene rings is 1. The Labute approximate surface area is 124 Å². The van der Waals surface area contributed by atoms with Gasteiger partial charge in [0.15, 0.2) is 0 Å². The van der Waals surface area contributed by atoms with E-state index in [0.29, 0.717) is 11.4 Å². The van der Waals surface area contributed by atoms with E-state index in [2.05, 4.69) is 10.6 Å². The molecule has 0 saturated carbocycles. The summed E-state index contributed by atoms with van der Waals surface area (Å²) in [4.78, 5) is 26.7. The summed E-state index contributed by atoms with van der Waals surface area (Å²) in [5.74, 6) is -0.197. The van der Waals surface area contributed by atoms with E-state index in [4.69, 9.17) is 0 Å². The number of carbonyl (C=O) groups excluding carboxylic acids is 2. The molecule has 1 rings (SSSR count). The van der Waals surface area contributed by atoms with Gasteiger partial charge < -0.3 is 15.5 Å². The Morgan fingerprint density at radius 1 is 1.40 bits per heavy atom. The minimum absolute atomic E-state index is 0.0449. The van der Waals surface area contributed by atoms with Crippen molar-refractivity contribution in [3.05, 3.63) is 22.4 Å². The maximum Gasteiger partial charge on any atom is 0.262 e. The summed E-state index contributed by atoms with van der Waals surface area (Å²) in [6.07, 6.45) is 0. The van der Waals surface area contributed by atoms with Crippen LogP contribution in [-0.2, 0) is 4.79 Å². The number of rotatable bonds is 7. The van der Waals surface area contributed by atoms with Gasteiger partial charge in [0.1, 0.15) is 6.04 Å². The number of nitrogens with zero attached hydrogens (tertiary/aromatic N) is 1. The molecule has 0 aromatic carbocycles. The van der Waals surface area contributed by atoms with Crippen LogP contribution in [0.3, 0.4) is 0 Å². The Kier molecular flexibility index (Phi) is 6.67. The molecule has 5 nitrogen and oxygen atoms in total. The second kappa shape index (κ2) is 8.01. The first kappa shape index (κ1) is 16.7. The van der Waals surface area contributed by atoms with Gasteiger partial charge in [-0.15, -0.1) is 11.3 Å². The molecule has 0 fully saturated rings. The summed E-state index contributed by atoms with van der Waals surface area (Å²) in [6, 6.07) is 3.09. The zero-order chi connectivity index (χ0) is 15.1. The average molecular weight is 297 g/mol. The standard InChI is InChI=1S/C14H23N3O2S/c1-10(2)12(14(19)17(4)8-7-15-3)16-13(18)11-6-5-9-20-11/h5-6,9-10,12,15H,7-8H2,1-4H3,(H,16,18). The second-order valence-electron chi connectivity index (χ2n) is 5.04. The molecule has 0 aliphatic rings. The SMILES string of the molecule is CNCCN(C)C(=O)C(NC(=O)c1cccs1)C(C)C. The Hall–Kier alpha value is -1.40. The fourth-order valence-corrected chi connectivity index (χ4v) is 2.39. The average Bonchev–Trinajstić information content (AvgIpc) is 2.94. The lowest BCUT2D eigenvalue weighted by atomic mass is 10.0. The monoisotopic (exact) mass is 297 g/mol. The van der Waals surface area contributed by atoms with E-state index in [9.17, 15) is 9.59 Å². The van der Waals surface area contributed by atoms with Crippen LogP contribution in [0.2, 0.25) is 0 Å². The van der Waals surface area contributed by atoms with Crippen molar-refractivity contribution in [1.29, 1.82) is 0 Å². The van der Waals surface area contributed by atoms with Gasteiger partial charge in [0.05, 0.1) is 4.88 Å². The van der Waals surface area contributed by atoms with E-state index >= 15 is 0 Å². The van der Waals surface area contributed by atoms with Crippen molar-refractivity contribution in [1.82, 2.24) is 15.5 Å². The highest BCUT2D eigenvalue weighted by Crippen LogP contribution is 2.11. The number of nitrogens with one attached hydrogen (secondary N) is 2. The molecule has 1 heterocycles. The third kappa shape index (κ3) is 4.61. The molecular formula is C14H23N3O2S. The van der Waals surface area contributed by atoms with Gasteiger partial charge in [0, 0.05) is 20.1 Å². The highest BCUT2D eigenvalue weighted by atomic mass is 32.1. The Morgan fingerprint density at radius 2 is 2.10 bits per heavy atom. The molecule has 112 valence electrons. The quantitative estimate of drug-likeness (QED) is 0.794. The molecule has 6 heteroatoms. The van der Waals surface area contributed by atoms with Crippen LogP contribution >= 0.6 is 11.3 Å². The van der Waals surface area contributed by atoms with Gasteiger partial charge in [-0.25, -0.2) is 0 Å². The van der Waals surface area contributed by atoms with Crippen LogP contribution in [0.25, 0.3) is 0 Å². The molecule has 1 atom stereocenters. The minimum atomic E-state index is -0.494. The molecule has 0 aliphatic carbocycles. The van der Waals surface area contributed by atoms with E-state index < -0.39 is 6.04 Å². The smallest absolute Gasteiger partial charge is 0.262 e. The lowest BCUT2D eigenvalue weighted by Gasteiger charge is -2.27. The van der Waals surface area contributed by atoms with Crippen LogP contribution in [0, 0.1) is 5.92 Å². The molecule has 0 radical (unpaired) electrons. The molecule has 1 aromatic heterocycles. The third-order valence-electron chi connectivity index (χ3n) is 3.04. The van der Waals surface area contributed by atoms with E-state index in [1.165, 1.54) is 11.3 Å². The van der Waals surface area contributed by atoms with E-state index in [-0.39, 0.29) is 17.7 Å². The first-order valence-corrected chi connectivity index (χ1v) is 7.59. The van der Waals surface area contributed by atoms with Gasteiger partial charge in [-0.2, -0.15) is 0 Å². The largest absolute Gasteiger partial charge is 0.343 e. The number of likely N-dealkylation sites (N-methyl/N-ethyl adjacent to an activating group) is 2. The van der Waals surface area contributed by atoms with Gasteiger partial charge in [0.2, 0.25) is 5.91 Å². The zero-order valence-corrected chi connectivity index (χ0v) is 13.3. The molecule has 0 aliphatic heterocycles. The van der Waals surface area contributed by atoms with Crippen LogP contribution < -0.4 is 10.6 Å². The van der Waals surface area contributed by atoms with Gasteiger partial charge in [0.25, 0.3) is 5.91 Å². The topological polar surface area (TPSA) is 61.4 Å². The van der Waals surface area contributed by atoms with Crippen LogP contribution in [0.1, 0.15) is 23.5 Å². The Bertz CT molecular complexity index is 432. The zero-order valence-electron chi connectivity index (χ0n) is 12.5. The van der Waals surface area contributed by atoms with Gasteiger partial charge in [-0.1, -0.05) is 19.9 Å². The Balaban J connectivity index is 2.69. The van der Waals surface area contributed by atoms with Gasteiger partial charge >= 0.3 is 0 Å². The van der Waals surface area contributed by atoms with Crippen LogP contribution in [0.5, 0.6) is 0 Å². The lowest BCUT2D eigenvalue weighted by molar-refractivity contribution is -0.132. The number of carbonyl (C=O) groups is 2. The molecule has 2 amide bonds. The van der Waals surface area contributed by atoms with E-state index in [0.717, 1.165) is 6.54 Å². The maximum absolute atomic E-state index is 12.4. The Morgan fingerprint density at radius 3 is 2.60 bits per heavy atom. The molecule has 0 bridgehead atoms. The van der Waals surface area contributed by atoms with Crippen LogP contribution in [-0.4, -0.2) is 49.9 Å². The highest BCUT2D eigenvalue weighted by Gasteiger charge is 2.27. The lowest BCUT2D eigenvalue weighted by Crippen LogP contribution is -2.51. The fourth-order valence-electron chi connectivity index (χ4n) is 1.76. The van der Waals surface area contributed by atoms with Crippen molar-refractivity contribution in [3.63, 3.8) is 0 Å². The van der Waals surface area contributed by atoms with Crippen LogP contribution in [0.4, 0.5) is 0 Å². The maximum atomic E-state index is 12.4. The van der Waals surface area contributed by atoms with Crippen molar-refractivity contribution < 1.29 is 9.59 Å². The second-order valence-corrected chi connectivity index (χ2v) is 5.98. The normalized spacial score (nSPS) is 12.2. The number of hydrogen-bond donors (Lipinski definition) is 2. The summed E-state index contributed by atoms with van der Waals surface area (Å²) in [6.45, 7) is 5.21. The predicted molar refractivity (Wildman–Crippen MR) is 82.0 cm³/mol. The first-order chi connectivity index (χ1) is 9.47. The molecule has 0 spiro atoms. The molecular weight excluding hydrogens is 274 g/mol. The van der Waals surface area contributed by atoms with Gasteiger partial charge in [-0.05, 0) is 24.4 Å². The molecule has 1 unspecified atom stereocenters. The highest BCUT2D eigenvalue weighted by molar-refractivity contribution is 7.12. The summed E-state index contributed by atoms with van der Waals surface area (Å²) in [5.41, 5.74) is 0. The first-order valence-electron chi connectivity index (χ1n) is 6.71. The van der Waals surface area contributed by atoms with E-state index in [1.807, 2.05) is 32.3 Å². The summed E-state index contributed by atoms with van der Waals surface area (Å²) in [7, 11) is 3.60. The van der Waals surface area contributed by atoms with E-state index in [1.54, 1.807) is 18.0 Å². The predicted octanol–water partition coefficient (Wildman–Crippen LogP) is 1.18. The van der Waals surface area contributed by atoms with Crippen molar-refractivity contribution in [3.8, 4) is 0 Å². The van der Waals surface area contributed by atoms with Crippen molar-refractivity contribution >= 4 is 23.2 Å². The van der Waals surface area contributed by atoms with Gasteiger partial charge in [-0.3, -0.25) is 9.59 Å². The van der Waals surface area contributed by atoms with Crippen molar-refractivity contribution in [2.75, 3.05) is 27.2 Å². The molecule has 0 saturated heterocycles. The summed E-state index contributed by atoms with van der Waals surface area (Å²) < 4.78 is 0. The van der Waals surface area contributed by atoms with Crippen molar-refractivity contribution in [2.24, 2.45) is 5.92 Å². The summed E-state index contributed by atoms with van der Waals surface area (Å²) >= 11 is 1.37. The van der Waals surface area contributed by atoms with Crippen LogP contribution in [0.15, 0.2) is 17.5 Å². The molecule has 2 N–H and O–H groups in total. The third-order valence-corrected chi connectivity index (χ3v) is 3.91. The molecule has 20 heavy (non-hydrogen) atoms. The van der Waals surface area contributed by atoms with Crippen molar-refractivity contribution in [2.45, 2.75) is 19.9 Å². The number of amides is 2. The minimum Gasteiger partial charge on any atom is -0.343 e. The molecule has 1 aromatic rings. The number of hydrogen-bond acceptors (Lipinski definition) is 4. The summed E-state index contributed by atoms with van der Waals surface area (Å²) in [5, 5.41) is 7.69.